The SMILES string of the molecule is Cc1nn(CC(C)C)c(Cl)c1C(=O)O[C@H](C)C(=O)Nc1cccc(F)c1. The van der Waals surface area contributed by atoms with Crippen LogP contribution < -0.4 is 5.32 Å². The number of hydrogen-bond donors (Lipinski definition) is 1. The highest BCUT2D eigenvalue weighted by Gasteiger charge is 2.26. The zero-order chi connectivity index (χ0) is 19.4. The molecule has 1 amide bonds. The van der Waals surface area contributed by atoms with E-state index in [9.17, 15) is 14.0 Å². The van der Waals surface area contributed by atoms with Crippen LogP contribution in [0.3, 0.4) is 0 Å². The molecule has 0 aliphatic carbocycles. The number of carbonyl (C=O) groups excluding carboxylic acids is 2. The van der Waals surface area contributed by atoms with Crippen LogP contribution in [-0.2, 0) is 16.1 Å². The van der Waals surface area contributed by atoms with Crippen LogP contribution >= 0.6 is 11.6 Å². The molecule has 2 rings (SSSR count). The van der Waals surface area contributed by atoms with E-state index in [1.54, 1.807) is 6.92 Å². The number of nitrogens with zero attached hydrogens (tertiary/aromatic N) is 2. The Balaban J connectivity index is 2.07. The van der Waals surface area contributed by atoms with Crippen molar-refractivity contribution in [3.8, 4) is 0 Å². The normalized spacial score (nSPS) is 12.1. The fraction of sp³-hybridized carbons (Fsp3) is 0.389. The summed E-state index contributed by atoms with van der Waals surface area (Å²) in [6.07, 6.45) is -1.09. The van der Waals surface area contributed by atoms with Crippen molar-refractivity contribution in [2.45, 2.75) is 40.3 Å². The van der Waals surface area contributed by atoms with Crippen LogP contribution in [0.5, 0.6) is 0 Å². The lowest BCUT2D eigenvalue weighted by molar-refractivity contribution is -0.123. The molecule has 1 aromatic heterocycles. The number of nitrogens with one attached hydrogen (secondary N) is 1. The van der Waals surface area contributed by atoms with Gasteiger partial charge in [-0.25, -0.2) is 9.18 Å². The first-order valence-electron chi connectivity index (χ1n) is 8.19. The molecule has 1 atom stereocenters. The van der Waals surface area contributed by atoms with E-state index in [2.05, 4.69) is 10.4 Å². The molecule has 0 radical (unpaired) electrons. The molecule has 0 unspecified atom stereocenters. The standard InChI is InChI=1S/C18H21ClFN3O3/c1-10(2)9-23-16(19)15(11(3)22-23)18(25)26-12(4)17(24)21-14-7-5-6-13(20)8-14/h5-8,10,12H,9H2,1-4H3,(H,21,24)/t12-/m1/s1. The molecule has 2 aromatic rings. The Morgan fingerprint density at radius 3 is 2.65 bits per heavy atom. The van der Waals surface area contributed by atoms with Crippen LogP contribution in [0.4, 0.5) is 10.1 Å². The van der Waals surface area contributed by atoms with Crippen molar-refractivity contribution in [3.63, 3.8) is 0 Å². The average molecular weight is 382 g/mol. The van der Waals surface area contributed by atoms with Crippen LogP contribution in [0.25, 0.3) is 0 Å². The molecule has 140 valence electrons. The number of rotatable bonds is 6. The van der Waals surface area contributed by atoms with Crippen molar-refractivity contribution in [2.24, 2.45) is 5.92 Å². The van der Waals surface area contributed by atoms with Gasteiger partial charge in [0.05, 0.1) is 5.69 Å². The fourth-order valence-electron chi connectivity index (χ4n) is 2.34. The third-order valence-electron chi connectivity index (χ3n) is 3.55. The molecular weight excluding hydrogens is 361 g/mol. The molecule has 0 spiro atoms. The Labute approximate surface area is 156 Å². The largest absolute Gasteiger partial charge is 0.449 e. The first-order chi connectivity index (χ1) is 12.2. The molecule has 0 bridgehead atoms. The summed E-state index contributed by atoms with van der Waals surface area (Å²) in [5.74, 6) is -1.49. The van der Waals surface area contributed by atoms with E-state index in [4.69, 9.17) is 16.3 Å². The summed E-state index contributed by atoms with van der Waals surface area (Å²) in [6.45, 7) is 7.64. The summed E-state index contributed by atoms with van der Waals surface area (Å²) in [5, 5.41) is 6.91. The highest BCUT2D eigenvalue weighted by molar-refractivity contribution is 6.32. The van der Waals surface area contributed by atoms with Crippen LogP contribution in [0.2, 0.25) is 5.15 Å². The minimum atomic E-state index is -1.09. The van der Waals surface area contributed by atoms with Crippen LogP contribution in [-0.4, -0.2) is 27.8 Å². The van der Waals surface area contributed by atoms with Crippen molar-refractivity contribution in [1.82, 2.24) is 9.78 Å². The van der Waals surface area contributed by atoms with Crippen molar-refractivity contribution in [2.75, 3.05) is 5.32 Å². The molecule has 0 saturated heterocycles. The van der Waals surface area contributed by atoms with Crippen molar-refractivity contribution in [1.29, 1.82) is 0 Å². The van der Waals surface area contributed by atoms with E-state index in [1.165, 1.54) is 35.9 Å². The van der Waals surface area contributed by atoms with Gasteiger partial charge in [-0.3, -0.25) is 9.48 Å². The number of benzene rings is 1. The first kappa shape index (κ1) is 19.9. The summed E-state index contributed by atoms with van der Waals surface area (Å²) >= 11 is 6.24. The van der Waals surface area contributed by atoms with E-state index < -0.39 is 23.8 Å². The number of amides is 1. The molecule has 0 aliphatic heterocycles. The maximum Gasteiger partial charge on any atom is 0.343 e. The van der Waals surface area contributed by atoms with Crippen LogP contribution in [0.15, 0.2) is 24.3 Å². The summed E-state index contributed by atoms with van der Waals surface area (Å²) in [5.41, 5.74) is 0.841. The monoisotopic (exact) mass is 381 g/mol. The van der Waals surface area contributed by atoms with Gasteiger partial charge in [0.2, 0.25) is 0 Å². The Bertz CT molecular complexity index is 820. The maximum absolute atomic E-state index is 13.2. The molecule has 0 aliphatic rings. The number of ether oxygens (including phenoxy) is 1. The lowest BCUT2D eigenvalue weighted by atomic mass is 10.2. The number of esters is 1. The third kappa shape index (κ3) is 4.82. The quantitative estimate of drug-likeness (QED) is 0.772. The highest BCUT2D eigenvalue weighted by atomic mass is 35.5. The minimum Gasteiger partial charge on any atom is -0.449 e. The zero-order valence-corrected chi connectivity index (χ0v) is 15.8. The molecule has 6 nitrogen and oxygen atoms in total. The highest BCUT2D eigenvalue weighted by Crippen LogP contribution is 2.22. The topological polar surface area (TPSA) is 73.2 Å². The Morgan fingerprint density at radius 2 is 2.04 bits per heavy atom. The lowest BCUT2D eigenvalue weighted by Crippen LogP contribution is -2.30. The summed E-state index contributed by atoms with van der Waals surface area (Å²) in [7, 11) is 0. The van der Waals surface area contributed by atoms with E-state index in [0.29, 0.717) is 18.2 Å². The number of anilines is 1. The second-order valence-corrected chi connectivity index (χ2v) is 6.73. The van der Waals surface area contributed by atoms with E-state index >= 15 is 0 Å². The summed E-state index contributed by atoms with van der Waals surface area (Å²) in [6, 6.07) is 5.43. The van der Waals surface area contributed by atoms with E-state index in [-0.39, 0.29) is 16.4 Å². The van der Waals surface area contributed by atoms with E-state index in [1.807, 2.05) is 13.8 Å². The van der Waals surface area contributed by atoms with Gasteiger partial charge in [-0.2, -0.15) is 5.10 Å². The maximum atomic E-state index is 13.2. The summed E-state index contributed by atoms with van der Waals surface area (Å²) < 4.78 is 19.9. The predicted octanol–water partition coefficient (Wildman–Crippen LogP) is 3.82. The average Bonchev–Trinajstić information content (AvgIpc) is 2.80. The van der Waals surface area contributed by atoms with Crippen molar-refractivity contribution >= 4 is 29.2 Å². The Morgan fingerprint density at radius 1 is 1.35 bits per heavy atom. The molecule has 1 heterocycles. The minimum absolute atomic E-state index is 0.137. The molecule has 1 aromatic carbocycles. The molecule has 26 heavy (non-hydrogen) atoms. The first-order valence-corrected chi connectivity index (χ1v) is 8.57. The molecule has 8 heteroatoms. The number of halogens is 2. The smallest absolute Gasteiger partial charge is 0.343 e. The molecule has 1 N–H and O–H groups in total. The molecule has 0 fully saturated rings. The Hall–Kier alpha value is -2.41. The van der Waals surface area contributed by atoms with Gasteiger partial charge in [0.1, 0.15) is 16.5 Å². The van der Waals surface area contributed by atoms with Gasteiger partial charge in [-0.15, -0.1) is 0 Å². The zero-order valence-electron chi connectivity index (χ0n) is 15.0. The summed E-state index contributed by atoms with van der Waals surface area (Å²) in [4.78, 5) is 24.6. The van der Waals surface area contributed by atoms with E-state index in [0.717, 1.165) is 0 Å². The van der Waals surface area contributed by atoms with Gasteiger partial charge in [0.25, 0.3) is 5.91 Å². The number of hydrogen-bond acceptors (Lipinski definition) is 4. The fourth-order valence-corrected chi connectivity index (χ4v) is 2.66. The van der Waals surface area contributed by atoms with Gasteiger partial charge in [0.15, 0.2) is 6.10 Å². The van der Waals surface area contributed by atoms with Gasteiger partial charge in [-0.05, 0) is 38.0 Å². The number of aryl methyl sites for hydroxylation is 1. The van der Waals surface area contributed by atoms with Crippen LogP contribution in [0.1, 0.15) is 36.8 Å². The number of aromatic nitrogens is 2. The van der Waals surface area contributed by atoms with Crippen LogP contribution in [0, 0.1) is 18.7 Å². The van der Waals surface area contributed by atoms with Gasteiger partial charge in [-0.1, -0.05) is 31.5 Å². The van der Waals surface area contributed by atoms with Gasteiger partial charge in [0, 0.05) is 12.2 Å². The van der Waals surface area contributed by atoms with Gasteiger partial charge >= 0.3 is 5.97 Å². The second-order valence-electron chi connectivity index (χ2n) is 6.37. The number of carbonyl (C=O) groups is 2. The molecule has 0 saturated carbocycles. The van der Waals surface area contributed by atoms with Crippen molar-refractivity contribution < 1.29 is 18.7 Å². The lowest BCUT2D eigenvalue weighted by Gasteiger charge is -2.13. The molecular formula is C18H21ClFN3O3. The van der Waals surface area contributed by atoms with Gasteiger partial charge < -0.3 is 10.1 Å². The van der Waals surface area contributed by atoms with Crippen molar-refractivity contribution in [3.05, 3.63) is 46.5 Å². The predicted molar refractivity (Wildman–Crippen MR) is 96.7 cm³/mol. The Kier molecular flexibility index (Phi) is 6.37. The third-order valence-corrected chi connectivity index (χ3v) is 3.94. The second kappa shape index (κ2) is 8.31.